The summed E-state index contributed by atoms with van der Waals surface area (Å²) in [7, 11) is 1.26. The van der Waals surface area contributed by atoms with E-state index in [0.717, 1.165) is 11.7 Å². The van der Waals surface area contributed by atoms with Crippen molar-refractivity contribution in [3.63, 3.8) is 0 Å². The van der Waals surface area contributed by atoms with Crippen LogP contribution in [-0.2, 0) is 14.3 Å². The van der Waals surface area contributed by atoms with Crippen LogP contribution in [0.25, 0.3) is 11.0 Å². The Kier molecular flexibility index (Phi) is 5.40. The molecule has 0 aliphatic heterocycles. The molecule has 26 heavy (non-hydrogen) atoms. The molecule has 9 heteroatoms. The van der Waals surface area contributed by atoms with Crippen LogP contribution in [0.3, 0.4) is 0 Å². The summed E-state index contributed by atoms with van der Waals surface area (Å²) >= 11 is 1.07. The zero-order valence-electron chi connectivity index (χ0n) is 13.8. The molecule has 0 fully saturated rings. The van der Waals surface area contributed by atoms with Crippen LogP contribution in [0.4, 0.5) is 5.69 Å². The van der Waals surface area contributed by atoms with Crippen molar-refractivity contribution in [1.29, 1.82) is 0 Å². The zero-order chi connectivity index (χ0) is 18.5. The number of aromatic hydroxyl groups is 1. The summed E-state index contributed by atoms with van der Waals surface area (Å²) in [5, 5.41) is 15.2. The van der Waals surface area contributed by atoms with Crippen molar-refractivity contribution in [2.45, 2.75) is 6.04 Å². The summed E-state index contributed by atoms with van der Waals surface area (Å²) in [5.74, 6) is -0.890. The second-order valence-electron chi connectivity index (χ2n) is 5.42. The van der Waals surface area contributed by atoms with Gasteiger partial charge in [0.15, 0.2) is 0 Å². The van der Waals surface area contributed by atoms with Gasteiger partial charge in [-0.25, -0.2) is 4.79 Å². The number of aromatic nitrogens is 2. The van der Waals surface area contributed by atoms with Crippen LogP contribution in [0.5, 0.6) is 5.75 Å². The van der Waals surface area contributed by atoms with E-state index in [0.29, 0.717) is 22.3 Å². The molecular weight excluding hydrogens is 356 g/mol. The van der Waals surface area contributed by atoms with Gasteiger partial charge >= 0.3 is 5.97 Å². The number of hydrogen-bond donors (Lipinski definition) is 3. The Labute approximate surface area is 153 Å². The summed E-state index contributed by atoms with van der Waals surface area (Å²) in [6.45, 7) is -0.136. The summed E-state index contributed by atoms with van der Waals surface area (Å²) in [4.78, 5) is 24.3. The molecule has 1 aromatic heterocycles. The number of nitrogens with one attached hydrogen (secondary N) is 2. The highest BCUT2D eigenvalue weighted by molar-refractivity contribution is 7.00. The molecule has 8 nitrogen and oxygen atoms in total. The largest absolute Gasteiger partial charge is 0.508 e. The lowest BCUT2D eigenvalue weighted by Crippen LogP contribution is -2.35. The first-order valence-electron chi connectivity index (χ1n) is 7.70. The maximum Gasteiger partial charge on any atom is 0.327 e. The lowest BCUT2D eigenvalue weighted by molar-refractivity contribution is -0.143. The molecule has 0 aliphatic carbocycles. The molecule has 0 radical (unpaired) electrons. The van der Waals surface area contributed by atoms with Gasteiger partial charge in [-0.2, -0.15) is 8.75 Å². The number of phenols is 1. The van der Waals surface area contributed by atoms with Gasteiger partial charge in [0, 0.05) is 0 Å². The number of ether oxygens (including phenoxy) is 1. The van der Waals surface area contributed by atoms with E-state index in [-0.39, 0.29) is 18.2 Å². The van der Waals surface area contributed by atoms with Crippen molar-refractivity contribution < 1.29 is 19.4 Å². The second kappa shape index (κ2) is 7.89. The van der Waals surface area contributed by atoms with Crippen LogP contribution in [0.1, 0.15) is 11.6 Å². The molecule has 1 heterocycles. The Morgan fingerprint density at radius 3 is 2.81 bits per heavy atom. The van der Waals surface area contributed by atoms with Gasteiger partial charge in [-0.05, 0) is 29.8 Å². The number of benzene rings is 2. The SMILES string of the molecule is COC(=O)[C@H](NCC(=O)Nc1cccc2nsnc12)c1cccc(O)c1. The van der Waals surface area contributed by atoms with Gasteiger partial charge in [0.2, 0.25) is 5.91 Å². The first-order chi connectivity index (χ1) is 12.6. The molecule has 1 atom stereocenters. The fourth-order valence-electron chi connectivity index (χ4n) is 2.46. The Bertz CT molecular complexity index is 943. The van der Waals surface area contributed by atoms with Crippen LogP contribution in [0, 0.1) is 0 Å². The van der Waals surface area contributed by atoms with E-state index in [1.165, 1.54) is 19.2 Å². The minimum absolute atomic E-state index is 0.0189. The third-order valence-corrected chi connectivity index (χ3v) is 4.21. The van der Waals surface area contributed by atoms with Crippen LogP contribution in [0.2, 0.25) is 0 Å². The van der Waals surface area contributed by atoms with E-state index in [4.69, 9.17) is 4.74 Å². The highest BCUT2D eigenvalue weighted by Gasteiger charge is 2.22. The molecule has 0 bridgehead atoms. The van der Waals surface area contributed by atoms with Gasteiger partial charge in [0.05, 0.1) is 31.1 Å². The number of anilines is 1. The maximum atomic E-state index is 12.3. The van der Waals surface area contributed by atoms with E-state index in [9.17, 15) is 14.7 Å². The van der Waals surface area contributed by atoms with Gasteiger partial charge in [0.25, 0.3) is 0 Å². The average Bonchev–Trinajstić information content (AvgIpc) is 3.11. The third-order valence-electron chi connectivity index (χ3n) is 3.67. The van der Waals surface area contributed by atoms with Gasteiger partial charge in [-0.3, -0.25) is 10.1 Å². The second-order valence-corrected chi connectivity index (χ2v) is 5.95. The predicted octanol–water partition coefficient (Wildman–Crippen LogP) is 1.84. The van der Waals surface area contributed by atoms with Crippen molar-refractivity contribution in [2.75, 3.05) is 19.0 Å². The van der Waals surface area contributed by atoms with Gasteiger partial charge < -0.3 is 15.2 Å². The number of phenolic OH excluding ortho intramolecular Hbond substituents is 1. The average molecular weight is 372 g/mol. The van der Waals surface area contributed by atoms with Crippen molar-refractivity contribution >= 4 is 40.3 Å². The highest BCUT2D eigenvalue weighted by atomic mass is 32.1. The fraction of sp³-hybridized carbons (Fsp3) is 0.176. The number of methoxy groups -OCH3 is 1. The standard InChI is InChI=1S/C17H16N4O4S/c1-25-17(24)15(10-4-2-5-11(22)8-10)18-9-14(23)19-12-6-3-7-13-16(12)21-26-20-13/h2-8,15,18,22H,9H2,1H3,(H,19,23)/t15-/m1/s1. The fourth-order valence-corrected chi connectivity index (χ4v) is 3.01. The van der Waals surface area contributed by atoms with Gasteiger partial charge in [-0.1, -0.05) is 18.2 Å². The molecule has 1 amide bonds. The van der Waals surface area contributed by atoms with E-state index >= 15 is 0 Å². The Hall–Kier alpha value is -3.04. The number of carbonyl (C=O) groups excluding carboxylic acids is 2. The summed E-state index contributed by atoms with van der Waals surface area (Å²) in [6.07, 6.45) is 0. The smallest absolute Gasteiger partial charge is 0.327 e. The minimum Gasteiger partial charge on any atom is -0.508 e. The predicted molar refractivity (Wildman–Crippen MR) is 96.9 cm³/mol. The normalized spacial score (nSPS) is 11.9. The minimum atomic E-state index is -0.880. The molecule has 3 N–H and O–H groups in total. The molecule has 0 aliphatic rings. The lowest BCUT2D eigenvalue weighted by Gasteiger charge is -2.17. The van der Waals surface area contributed by atoms with E-state index in [1.807, 2.05) is 6.07 Å². The van der Waals surface area contributed by atoms with E-state index < -0.39 is 12.0 Å². The summed E-state index contributed by atoms with van der Waals surface area (Å²) in [6, 6.07) is 10.6. The quantitative estimate of drug-likeness (QED) is 0.566. The Morgan fingerprint density at radius 1 is 1.23 bits per heavy atom. The van der Waals surface area contributed by atoms with Crippen LogP contribution in [-0.4, -0.2) is 39.4 Å². The van der Waals surface area contributed by atoms with Gasteiger partial charge in [0.1, 0.15) is 22.8 Å². The number of fused-ring (bicyclic) bond motifs is 1. The highest BCUT2D eigenvalue weighted by Crippen LogP contribution is 2.22. The van der Waals surface area contributed by atoms with Gasteiger partial charge in [-0.15, -0.1) is 0 Å². The number of esters is 1. The van der Waals surface area contributed by atoms with Crippen molar-refractivity contribution in [3.05, 3.63) is 48.0 Å². The molecule has 3 aromatic rings. The number of nitrogens with zero attached hydrogens (tertiary/aromatic N) is 2. The Morgan fingerprint density at radius 2 is 2.04 bits per heavy atom. The maximum absolute atomic E-state index is 12.3. The third kappa shape index (κ3) is 3.95. The first-order valence-corrected chi connectivity index (χ1v) is 8.43. The molecule has 0 saturated carbocycles. The zero-order valence-corrected chi connectivity index (χ0v) is 14.6. The van der Waals surface area contributed by atoms with E-state index in [2.05, 4.69) is 19.4 Å². The van der Waals surface area contributed by atoms with Crippen molar-refractivity contribution in [1.82, 2.24) is 14.1 Å². The van der Waals surface area contributed by atoms with Crippen LogP contribution >= 0.6 is 11.7 Å². The molecule has 0 unspecified atom stereocenters. The number of hydrogen-bond acceptors (Lipinski definition) is 8. The summed E-state index contributed by atoms with van der Waals surface area (Å²) in [5.41, 5.74) is 2.36. The molecule has 2 aromatic carbocycles. The number of amides is 1. The molecule has 0 spiro atoms. The molecule has 134 valence electrons. The number of carbonyl (C=O) groups is 2. The molecular formula is C17H16N4O4S. The first kappa shape index (κ1) is 17.8. The van der Waals surface area contributed by atoms with Crippen LogP contribution in [0.15, 0.2) is 42.5 Å². The van der Waals surface area contributed by atoms with Crippen LogP contribution < -0.4 is 10.6 Å². The molecule has 3 rings (SSSR count). The van der Waals surface area contributed by atoms with Crippen molar-refractivity contribution in [3.8, 4) is 5.75 Å². The molecule has 0 saturated heterocycles. The lowest BCUT2D eigenvalue weighted by atomic mass is 10.1. The monoisotopic (exact) mass is 372 g/mol. The Balaban J connectivity index is 1.69. The topological polar surface area (TPSA) is 113 Å². The number of rotatable bonds is 6. The summed E-state index contributed by atoms with van der Waals surface area (Å²) < 4.78 is 13.1. The van der Waals surface area contributed by atoms with Crippen molar-refractivity contribution in [2.24, 2.45) is 0 Å². The van der Waals surface area contributed by atoms with E-state index in [1.54, 1.807) is 24.3 Å².